The van der Waals surface area contributed by atoms with Crippen molar-refractivity contribution in [3.63, 3.8) is 0 Å². The summed E-state index contributed by atoms with van der Waals surface area (Å²) in [5.41, 5.74) is 0. The minimum absolute atomic E-state index is 0. The van der Waals surface area contributed by atoms with Crippen LogP contribution in [0, 0.1) is 0 Å². The Labute approximate surface area is 49.8 Å². The van der Waals surface area contributed by atoms with Gasteiger partial charge in [0.25, 0.3) is 0 Å². The highest BCUT2D eigenvalue weighted by molar-refractivity contribution is 7.61. The number of nitrogens with two attached hydrogens (primary N) is 1. The van der Waals surface area contributed by atoms with Gasteiger partial charge in [0, 0.05) is 0 Å². The van der Waals surface area contributed by atoms with Gasteiger partial charge in [0.1, 0.15) is 0 Å². The quantitative estimate of drug-likeness (QED) is 0.386. The molecule has 0 saturated carbocycles. The van der Waals surface area contributed by atoms with Gasteiger partial charge in [0.15, 0.2) is 0 Å². The number of nitrogens with zero attached hydrogens (tertiary/aromatic N) is 1. The summed E-state index contributed by atoms with van der Waals surface area (Å²) < 4.78 is 20.5. The molecular weight excluding hydrogens is 140 g/mol. The van der Waals surface area contributed by atoms with E-state index in [2.05, 4.69) is 10.3 Å². The molecule has 0 aliphatic rings. The van der Waals surface area contributed by atoms with E-state index in [9.17, 15) is 0 Å². The van der Waals surface area contributed by atoms with Gasteiger partial charge in [-0.05, 0) is 0 Å². The second kappa shape index (κ2) is 9.30. The normalized spacial score (nSPS) is 4.71. The van der Waals surface area contributed by atoms with E-state index >= 15 is 0 Å². The van der Waals surface area contributed by atoms with Gasteiger partial charge in [-0.25, -0.2) is 5.84 Å². The first-order valence-corrected chi connectivity index (χ1v) is 1.81. The summed E-state index contributed by atoms with van der Waals surface area (Å²) in [6.45, 7) is 0. The SMILES string of the molecule is C.Cl.NN=S(=O)=O. The Balaban J connectivity index is -0.0000000800. The van der Waals surface area contributed by atoms with Crippen LogP contribution in [-0.4, -0.2) is 8.42 Å². The van der Waals surface area contributed by atoms with Crippen molar-refractivity contribution in [2.24, 2.45) is 10.3 Å². The number of hydrogen-bond acceptors (Lipinski definition) is 3. The van der Waals surface area contributed by atoms with Crippen LogP contribution in [0.1, 0.15) is 7.43 Å². The van der Waals surface area contributed by atoms with Gasteiger partial charge in [0.2, 0.25) is 0 Å². The molecule has 0 unspecified atom stereocenters. The van der Waals surface area contributed by atoms with Gasteiger partial charge in [-0.3, -0.25) is 0 Å². The summed E-state index contributed by atoms with van der Waals surface area (Å²) in [5, 5.41) is 0. The number of hydrogen-bond donors (Lipinski definition) is 1. The fourth-order valence-corrected chi connectivity index (χ4v) is 0. The zero-order valence-electron chi connectivity index (χ0n) is 2.66. The molecule has 0 rings (SSSR count). The van der Waals surface area contributed by atoms with Gasteiger partial charge >= 0.3 is 10.5 Å². The van der Waals surface area contributed by atoms with E-state index in [1.165, 1.54) is 0 Å². The molecule has 0 bridgehead atoms. The van der Waals surface area contributed by atoms with Crippen molar-refractivity contribution in [1.29, 1.82) is 0 Å². The lowest BCUT2D eigenvalue weighted by Crippen LogP contribution is -1.73. The van der Waals surface area contributed by atoms with Gasteiger partial charge < -0.3 is 0 Å². The van der Waals surface area contributed by atoms with Crippen LogP contribution in [0.5, 0.6) is 0 Å². The molecule has 0 spiro atoms. The van der Waals surface area contributed by atoms with E-state index in [0.29, 0.717) is 0 Å². The molecule has 0 aromatic carbocycles. The molecule has 0 fully saturated rings. The molecule has 0 aromatic heterocycles. The second-order valence-corrected chi connectivity index (χ2v) is 0.968. The van der Waals surface area contributed by atoms with Crippen molar-refractivity contribution < 1.29 is 8.42 Å². The summed E-state index contributed by atoms with van der Waals surface area (Å²) in [6.07, 6.45) is 0. The molecule has 4 nitrogen and oxygen atoms in total. The van der Waals surface area contributed by atoms with Crippen LogP contribution >= 0.6 is 12.4 Å². The maximum Gasteiger partial charge on any atom is 0.327 e. The number of rotatable bonds is 0. The number of halogens is 1. The molecule has 0 amide bonds. The maximum atomic E-state index is 9.08. The zero-order chi connectivity index (χ0) is 4.28. The van der Waals surface area contributed by atoms with E-state index in [0.717, 1.165) is 0 Å². The smallest absolute Gasteiger partial charge is 0.212 e. The lowest BCUT2D eigenvalue weighted by Gasteiger charge is -1.43. The Morgan fingerprint density at radius 1 is 1.43 bits per heavy atom. The molecule has 0 aliphatic carbocycles. The lowest BCUT2D eigenvalue weighted by atomic mass is 12.0. The van der Waals surface area contributed by atoms with E-state index in [1.54, 1.807) is 0 Å². The van der Waals surface area contributed by atoms with Gasteiger partial charge in [-0.2, -0.15) is 8.42 Å². The largest absolute Gasteiger partial charge is 0.327 e. The zero-order valence-corrected chi connectivity index (χ0v) is 4.29. The van der Waals surface area contributed by atoms with Gasteiger partial charge in [-0.1, -0.05) is 11.9 Å². The van der Waals surface area contributed by atoms with Gasteiger partial charge in [0.05, 0.1) is 0 Å². The van der Waals surface area contributed by atoms with Crippen molar-refractivity contribution in [3.05, 3.63) is 0 Å². The summed E-state index contributed by atoms with van der Waals surface area (Å²) >= 11 is 0. The van der Waals surface area contributed by atoms with E-state index in [-0.39, 0.29) is 19.8 Å². The Morgan fingerprint density at radius 2 is 1.57 bits per heavy atom. The fraction of sp³-hybridized carbons (Fsp3) is 1.00. The molecule has 2 N–H and O–H groups in total. The molecule has 0 radical (unpaired) electrons. The first kappa shape index (κ1) is 15.8. The van der Waals surface area contributed by atoms with Crippen LogP contribution in [0.15, 0.2) is 4.47 Å². The first-order valence-electron chi connectivity index (χ1n) is 0.774. The van der Waals surface area contributed by atoms with Gasteiger partial charge in [-0.15, -0.1) is 12.4 Å². The van der Waals surface area contributed by atoms with E-state index in [1.807, 2.05) is 0 Å². The standard InChI is InChI=1S/CH4.ClH.H2N2O2S/c;;1-2-5(3)4/h1H4;1H;1H2. The van der Waals surface area contributed by atoms with Crippen molar-refractivity contribution in [2.45, 2.75) is 7.43 Å². The predicted molar refractivity (Wildman–Crippen MR) is 29.5 cm³/mol. The molecule has 0 aliphatic heterocycles. The summed E-state index contributed by atoms with van der Waals surface area (Å²) in [5.74, 6) is 4.18. The lowest BCUT2D eigenvalue weighted by molar-refractivity contribution is 0.620. The van der Waals surface area contributed by atoms with Crippen LogP contribution < -0.4 is 5.84 Å². The van der Waals surface area contributed by atoms with Crippen LogP contribution in [0.4, 0.5) is 0 Å². The third-order valence-corrected chi connectivity index (χ3v) is 0.258. The van der Waals surface area contributed by atoms with Crippen molar-refractivity contribution in [3.8, 4) is 0 Å². The van der Waals surface area contributed by atoms with Crippen molar-refractivity contribution in [1.82, 2.24) is 0 Å². The van der Waals surface area contributed by atoms with Crippen LogP contribution in [0.2, 0.25) is 0 Å². The first-order chi connectivity index (χ1) is 2.27. The molecule has 0 atom stereocenters. The Kier molecular flexibility index (Phi) is 21.0. The molecule has 0 heterocycles. The van der Waals surface area contributed by atoms with Crippen molar-refractivity contribution >= 4 is 22.9 Å². The minimum atomic E-state index is -2.42. The third-order valence-electron chi connectivity index (χ3n) is 0.0861. The Bertz CT molecular complexity index is 119. The highest BCUT2D eigenvalue weighted by Crippen LogP contribution is 1.32. The highest BCUT2D eigenvalue weighted by atomic mass is 35.5. The Hall–Kier alpha value is -0.130. The minimum Gasteiger partial charge on any atom is -0.212 e. The van der Waals surface area contributed by atoms with E-state index in [4.69, 9.17) is 8.42 Å². The molecular formula is CH7ClN2O2S. The summed E-state index contributed by atoms with van der Waals surface area (Å²) in [6, 6.07) is 0. The van der Waals surface area contributed by atoms with E-state index < -0.39 is 10.5 Å². The fourth-order valence-electron chi connectivity index (χ4n) is 0. The molecule has 0 aromatic rings. The highest BCUT2D eigenvalue weighted by Gasteiger charge is 1.47. The monoisotopic (exact) mass is 146 g/mol. The average Bonchev–Trinajstić information content (AvgIpc) is 1.38. The molecule has 0 saturated heterocycles. The second-order valence-electron chi connectivity index (χ2n) is 0.323. The summed E-state index contributed by atoms with van der Waals surface area (Å²) in [4.78, 5) is 0. The van der Waals surface area contributed by atoms with Crippen molar-refractivity contribution in [2.75, 3.05) is 0 Å². The molecule has 46 valence electrons. The van der Waals surface area contributed by atoms with Crippen LogP contribution in [-0.2, 0) is 10.5 Å². The summed E-state index contributed by atoms with van der Waals surface area (Å²) in [7, 11) is -2.42. The van der Waals surface area contributed by atoms with Crippen LogP contribution in [0.3, 0.4) is 0 Å². The predicted octanol–water partition coefficient (Wildman–Crippen LogP) is -0.0193. The van der Waals surface area contributed by atoms with Crippen LogP contribution in [0.25, 0.3) is 0 Å². The Morgan fingerprint density at radius 3 is 1.57 bits per heavy atom. The third kappa shape index (κ3) is 25.1. The molecule has 6 heteroatoms. The average molecular weight is 147 g/mol. The molecule has 7 heavy (non-hydrogen) atoms. The topological polar surface area (TPSA) is 72.5 Å². The maximum absolute atomic E-state index is 9.08.